The van der Waals surface area contributed by atoms with Crippen LogP contribution in [-0.4, -0.2) is 15.2 Å². The number of thioether (sulfide) groups is 1. The number of hydrogen-bond acceptors (Lipinski definition) is 3. The van der Waals surface area contributed by atoms with E-state index in [9.17, 15) is 4.79 Å². The van der Waals surface area contributed by atoms with E-state index in [1.807, 2.05) is 42.1 Å². The van der Waals surface area contributed by atoms with Crippen LogP contribution < -0.4 is 5.56 Å². The third-order valence-corrected chi connectivity index (χ3v) is 5.38. The molecule has 1 aromatic carbocycles. The van der Waals surface area contributed by atoms with E-state index in [0.29, 0.717) is 8.82 Å². The first-order chi connectivity index (χ1) is 9.61. The van der Waals surface area contributed by atoms with Crippen LogP contribution in [0.15, 0.2) is 35.1 Å². The third-order valence-electron chi connectivity index (χ3n) is 3.04. The van der Waals surface area contributed by atoms with Crippen LogP contribution in [0.3, 0.4) is 0 Å². The first-order valence-corrected chi connectivity index (χ1v) is 8.70. The normalized spacial score (nSPS) is 12.3. The number of nitrogens with zero attached hydrogens (tertiary/aromatic N) is 1. The monoisotopic (exact) mass is 400 g/mol. The van der Waals surface area contributed by atoms with Gasteiger partial charge < -0.3 is 4.98 Å². The van der Waals surface area contributed by atoms with Crippen molar-refractivity contribution in [1.29, 1.82) is 0 Å². The molecule has 0 aliphatic rings. The highest BCUT2D eigenvalue weighted by molar-refractivity contribution is 14.1. The first kappa shape index (κ1) is 15.6. The maximum atomic E-state index is 12.0. The van der Waals surface area contributed by atoms with Gasteiger partial charge in [0.25, 0.3) is 5.56 Å². The van der Waals surface area contributed by atoms with Crippen LogP contribution in [-0.2, 0) is 5.75 Å². The molecule has 0 saturated heterocycles. The Morgan fingerprint density at radius 2 is 2.05 bits per heavy atom. The minimum absolute atomic E-state index is 0.0563. The zero-order chi connectivity index (χ0) is 14.5. The molecule has 20 heavy (non-hydrogen) atoms. The first-order valence-electron chi connectivity index (χ1n) is 6.57. The number of halogens is 1. The van der Waals surface area contributed by atoms with E-state index in [-0.39, 0.29) is 5.56 Å². The zero-order valence-electron chi connectivity index (χ0n) is 11.5. The lowest BCUT2D eigenvalue weighted by Crippen LogP contribution is -2.16. The van der Waals surface area contributed by atoms with Gasteiger partial charge in [-0.3, -0.25) is 4.79 Å². The van der Waals surface area contributed by atoms with Gasteiger partial charge in [-0.15, -0.1) is 0 Å². The Kier molecular flexibility index (Phi) is 5.65. The van der Waals surface area contributed by atoms with E-state index in [2.05, 4.69) is 46.4 Å². The second-order valence-corrected chi connectivity index (χ2v) is 7.08. The van der Waals surface area contributed by atoms with E-state index in [0.717, 1.165) is 29.3 Å². The maximum absolute atomic E-state index is 12.0. The molecule has 5 heteroatoms. The molecule has 0 radical (unpaired) electrons. The van der Waals surface area contributed by atoms with Crippen LogP contribution in [0.2, 0.25) is 0 Å². The van der Waals surface area contributed by atoms with E-state index in [1.165, 1.54) is 0 Å². The Balaban J connectivity index is 2.33. The molecule has 0 bridgehead atoms. The summed E-state index contributed by atoms with van der Waals surface area (Å²) in [5.41, 5.74) is 1.70. The van der Waals surface area contributed by atoms with Crippen molar-refractivity contribution < 1.29 is 0 Å². The summed E-state index contributed by atoms with van der Waals surface area (Å²) in [7, 11) is 0. The second kappa shape index (κ2) is 7.26. The topological polar surface area (TPSA) is 45.8 Å². The molecule has 0 spiro atoms. The second-order valence-electron chi connectivity index (χ2n) is 4.57. The Bertz CT molecular complexity index is 628. The fraction of sp³-hybridized carbons (Fsp3) is 0.333. The Morgan fingerprint density at radius 3 is 2.70 bits per heavy atom. The van der Waals surface area contributed by atoms with Gasteiger partial charge in [0.1, 0.15) is 9.39 Å². The van der Waals surface area contributed by atoms with Crippen molar-refractivity contribution in [2.75, 3.05) is 0 Å². The summed E-state index contributed by atoms with van der Waals surface area (Å²) in [5.74, 6) is 1.49. The van der Waals surface area contributed by atoms with Gasteiger partial charge in [0.15, 0.2) is 0 Å². The van der Waals surface area contributed by atoms with Crippen molar-refractivity contribution in [2.45, 2.75) is 31.3 Å². The van der Waals surface area contributed by atoms with Crippen LogP contribution in [0.5, 0.6) is 0 Å². The smallest absolute Gasteiger partial charge is 0.264 e. The van der Waals surface area contributed by atoms with Crippen LogP contribution in [0, 0.1) is 3.57 Å². The number of aromatic amines is 1. The van der Waals surface area contributed by atoms with Gasteiger partial charge in [0.2, 0.25) is 0 Å². The molecule has 0 saturated carbocycles. The van der Waals surface area contributed by atoms with Crippen molar-refractivity contribution in [3.63, 3.8) is 0 Å². The van der Waals surface area contributed by atoms with Crippen LogP contribution >= 0.6 is 34.4 Å². The molecule has 1 unspecified atom stereocenters. The number of nitrogens with one attached hydrogen (secondary N) is 1. The van der Waals surface area contributed by atoms with Crippen LogP contribution in [0.4, 0.5) is 0 Å². The van der Waals surface area contributed by atoms with Gasteiger partial charge in [0, 0.05) is 10.8 Å². The highest BCUT2D eigenvalue weighted by Crippen LogP contribution is 2.22. The Morgan fingerprint density at radius 1 is 1.35 bits per heavy atom. The van der Waals surface area contributed by atoms with E-state index >= 15 is 0 Å². The highest BCUT2D eigenvalue weighted by atomic mass is 127. The van der Waals surface area contributed by atoms with Gasteiger partial charge in [0.05, 0.1) is 11.4 Å². The lowest BCUT2D eigenvalue weighted by Gasteiger charge is -2.09. The van der Waals surface area contributed by atoms with Crippen molar-refractivity contribution in [2.24, 2.45) is 0 Å². The van der Waals surface area contributed by atoms with E-state index < -0.39 is 0 Å². The molecule has 3 nitrogen and oxygen atoms in total. The van der Waals surface area contributed by atoms with Gasteiger partial charge in [-0.1, -0.05) is 44.2 Å². The van der Waals surface area contributed by atoms with E-state index in [4.69, 9.17) is 0 Å². The predicted octanol–water partition coefficient (Wildman–Crippen LogP) is 4.07. The molecule has 0 aliphatic heterocycles. The maximum Gasteiger partial charge on any atom is 0.264 e. The lowest BCUT2D eigenvalue weighted by atomic mass is 10.1. The summed E-state index contributed by atoms with van der Waals surface area (Å²) in [6.45, 7) is 4.35. The van der Waals surface area contributed by atoms with Crippen molar-refractivity contribution in [3.05, 3.63) is 50.1 Å². The number of hydrogen-bond donors (Lipinski definition) is 1. The van der Waals surface area contributed by atoms with Gasteiger partial charge >= 0.3 is 0 Å². The quantitative estimate of drug-likeness (QED) is 0.770. The van der Waals surface area contributed by atoms with Crippen LogP contribution in [0.1, 0.15) is 26.1 Å². The largest absolute Gasteiger partial charge is 0.309 e. The number of H-pyrrole nitrogens is 1. The SMILES string of the molecule is CCC(C)SCc1nc(-c2ccccc2)c(I)c(=O)[nH]1. The molecule has 1 N–H and O–H groups in total. The average Bonchev–Trinajstić information content (AvgIpc) is 2.48. The highest BCUT2D eigenvalue weighted by Gasteiger charge is 2.11. The summed E-state index contributed by atoms with van der Waals surface area (Å²) < 4.78 is 0.645. The Labute approximate surface area is 136 Å². The van der Waals surface area contributed by atoms with Crippen molar-refractivity contribution in [1.82, 2.24) is 9.97 Å². The molecule has 0 amide bonds. The lowest BCUT2D eigenvalue weighted by molar-refractivity contribution is 0.899. The molecule has 2 aromatic rings. The van der Waals surface area contributed by atoms with Gasteiger partial charge in [-0.25, -0.2) is 4.98 Å². The molecule has 1 heterocycles. The number of benzene rings is 1. The summed E-state index contributed by atoms with van der Waals surface area (Å²) in [6, 6.07) is 9.85. The molecule has 0 fully saturated rings. The summed E-state index contributed by atoms with van der Waals surface area (Å²) in [6.07, 6.45) is 1.12. The minimum Gasteiger partial charge on any atom is -0.309 e. The molecular weight excluding hydrogens is 383 g/mol. The molecule has 106 valence electrons. The molecular formula is C15H17IN2OS. The molecule has 1 aromatic heterocycles. The van der Waals surface area contributed by atoms with E-state index in [1.54, 1.807) is 0 Å². The summed E-state index contributed by atoms with van der Waals surface area (Å²) >= 11 is 3.87. The molecule has 2 rings (SSSR count). The van der Waals surface area contributed by atoms with Gasteiger partial charge in [-0.2, -0.15) is 11.8 Å². The van der Waals surface area contributed by atoms with Crippen LogP contribution in [0.25, 0.3) is 11.3 Å². The third kappa shape index (κ3) is 3.85. The predicted molar refractivity (Wildman–Crippen MR) is 94.1 cm³/mol. The number of aromatic nitrogens is 2. The number of rotatable bonds is 5. The Hall–Kier alpha value is -0.820. The summed E-state index contributed by atoms with van der Waals surface area (Å²) in [4.78, 5) is 19.5. The van der Waals surface area contributed by atoms with Gasteiger partial charge in [-0.05, 0) is 29.0 Å². The van der Waals surface area contributed by atoms with Crippen molar-refractivity contribution in [3.8, 4) is 11.3 Å². The fourth-order valence-corrected chi connectivity index (χ4v) is 3.08. The van der Waals surface area contributed by atoms with Crippen molar-refractivity contribution >= 4 is 34.4 Å². The molecule has 0 aliphatic carbocycles. The fourth-order valence-electron chi connectivity index (χ4n) is 1.70. The minimum atomic E-state index is -0.0563. The standard InChI is InChI=1S/C15H17IN2OS/c1-3-10(2)20-9-12-17-14(13(16)15(19)18-12)11-7-5-4-6-8-11/h4-8,10H,3,9H2,1-2H3,(H,17,18,19). The zero-order valence-corrected chi connectivity index (χ0v) is 14.5. The average molecular weight is 400 g/mol. The molecule has 1 atom stereocenters. The summed E-state index contributed by atoms with van der Waals surface area (Å²) in [5, 5.41) is 0.569.